The van der Waals surface area contributed by atoms with E-state index in [1.807, 2.05) is 48.1 Å². The average Bonchev–Trinajstić information content (AvgIpc) is 3.05. The van der Waals surface area contributed by atoms with E-state index in [1.54, 1.807) is 6.07 Å². The minimum Gasteiger partial charge on any atom is -0.506 e. The molecular formula is C22H20BrNO. The Labute approximate surface area is 156 Å². The number of nitrogens with zero attached hydrogens (tertiary/aromatic N) is 1. The zero-order valence-corrected chi connectivity index (χ0v) is 15.6. The molecule has 4 rings (SSSR count). The highest BCUT2D eigenvalue weighted by Crippen LogP contribution is 2.29. The van der Waals surface area contributed by atoms with Crippen LogP contribution in [0.15, 0.2) is 91.1 Å². The van der Waals surface area contributed by atoms with Crippen molar-refractivity contribution in [3.63, 3.8) is 0 Å². The number of halogens is 1. The van der Waals surface area contributed by atoms with Crippen molar-refractivity contribution in [2.45, 2.75) is 4.83 Å². The van der Waals surface area contributed by atoms with Gasteiger partial charge in [0.05, 0.1) is 10.3 Å². The zero-order valence-electron chi connectivity index (χ0n) is 14.0. The number of aromatic hydroxyl groups is 1. The monoisotopic (exact) mass is 393 g/mol. The molecule has 126 valence electrons. The van der Waals surface area contributed by atoms with Crippen molar-refractivity contribution in [2.75, 3.05) is 0 Å². The molecule has 1 heterocycles. The summed E-state index contributed by atoms with van der Waals surface area (Å²) in [5, 5.41) is 10.5. The van der Waals surface area contributed by atoms with Crippen molar-refractivity contribution < 1.29 is 5.11 Å². The maximum absolute atomic E-state index is 9.42. The van der Waals surface area contributed by atoms with Crippen LogP contribution in [0, 0.1) is 0 Å². The van der Waals surface area contributed by atoms with Gasteiger partial charge in [0.15, 0.2) is 0 Å². The fourth-order valence-corrected chi connectivity index (χ4v) is 3.38. The first-order valence-electron chi connectivity index (χ1n) is 8.14. The smallest absolute Gasteiger partial charge is 0.139 e. The van der Waals surface area contributed by atoms with E-state index in [0.29, 0.717) is 10.6 Å². The van der Waals surface area contributed by atoms with Crippen molar-refractivity contribution in [3.05, 3.63) is 102 Å². The van der Waals surface area contributed by atoms with Crippen LogP contribution in [0.3, 0.4) is 0 Å². The third-order valence-corrected chi connectivity index (χ3v) is 5.12. The second kappa shape index (κ2) is 8.04. The number of rotatable bonds is 2. The fraction of sp³-hybridized carbons (Fsp3) is 0.0909. The highest BCUT2D eigenvalue weighted by molar-refractivity contribution is 9.09. The number of alkyl halides is 1. The molecule has 0 radical (unpaired) electrons. The Hall–Kier alpha value is -2.52. The maximum atomic E-state index is 9.42. The van der Waals surface area contributed by atoms with E-state index < -0.39 is 0 Å². The third kappa shape index (κ3) is 4.12. The number of para-hydroxylation sites is 1. The minimum absolute atomic E-state index is 0.296. The zero-order chi connectivity index (χ0) is 17.6. The van der Waals surface area contributed by atoms with Gasteiger partial charge in [0.2, 0.25) is 0 Å². The summed E-state index contributed by atoms with van der Waals surface area (Å²) in [5.41, 5.74) is 3.48. The number of aryl methyl sites for hydroxylation is 1. The molecule has 2 nitrogen and oxygen atoms in total. The summed E-state index contributed by atoms with van der Waals surface area (Å²) in [7, 11) is 1.92. The molecule has 0 amide bonds. The SMILES string of the molecule is BrC(c1ccccc1)c1ccccc1.Cn1ccc2cccc(O)c21. The lowest BCUT2D eigenvalue weighted by atomic mass is 10.1. The number of benzene rings is 3. The lowest BCUT2D eigenvalue weighted by Gasteiger charge is -2.09. The standard InChI is InChI=1S/C13H11Br.C9H9NO/c14-13(11-7-3-1-4-8-11)12-9-5-2-6-10-12;1-10-6-5-7-3-2-4-8(11)9(7)10/h1-10,13H;2-6,11H,1H3. The molecule has 0 fully saturated rings. The molecule has 0 saturated carbocycles. The Bertz CT molecular complexity index is 893. The summed E-state index contributed by atoms with van der Waals surface area (Å²) in [6.45, 7) is 0. The topological polar surface area (TPSA) is 25.2 Å². The summed E-state index contributed by atoms with van der Waals surface area (Å²) in [4.78, 5) is 0.296. The van der Waals surface area contributed by atoms with Gasteiger partial charge in [0.1, 0.15) is 5.75 Å². The molecule has 4 aromatic rings. The minimum atomic E-state index is 0.296. The van der Waals surface area contributed by atoms with Gasteiger partial charge < -0.3 is 9.67 Å². The Morgan fingerprint density at radius 1 is 0.760 bits per heavy atom. The second-order valence-electron chi connectivity index (χ2n) is 5.83. The van der Waals surface area contributed by atoms with E-state index >= 15 is 0 Å². The average molecular weight is 394 g/mol. The number of phenolic OH excluding ortho intramolecular Hbond substituents is 1. The van der Waals surface area contributed by atoms with Gasteiger partial charge in [-0.2, -0.15) is 0 Å². The lowest BCUT2D eigenvalue weighted by molar-refractivity contribution is 0.479. The number of phenols is 1. The van der Waals surface area contributed by atoms with Crippen LogP contribution in [0.2, 0.25) is 0 Å². The summed E-state index contributed by atoms with van der Waals surface area (Å²) >= 11 is 3.69. The van der Waals surface area contributed by atoms with E-state index in [4.69, 9.17) is 0 Å². The van der Waals surface area contributed by atoms with Crippen molar-refractivity contribution in [1.29, 1.82) is 0 Å². The van der Waals surface area contributed by atoms with Crippen LogP contribution in [-0.2, 0) is 7.05 Å². The Morgan fingerprint density at radius 3 is 1.84 bits per heavy atom. The molecule has 0 saturated heterocycles. The number of fused-ring (bicyclic) bond motifs is 1. The fourth-order valence-electron chi connectivity index (χ4n) is 2.77. The molecule has 0 atom stereocenters. The quantitative estimate of drug-likeness (QED) is 0.411. The first-order chi connectivity index (χ1) is 12.2. The predicted molar refractivity (Wildman–Crippen MR) is 108 cm³/mol. The number of hydrogen-bond acceptors (Lipinski definition) is 1. The molecule has 0 aliphatic carbocycles. The van der Waals surface area contributed by atoms with E-state index in [0.717, 1.165) is 10.9 Å². The number of hydrogen-bond donors (Lipinski definition) is 1. The van der Waals surface area contributed by atoms with Gasteiger partial charge in [-0.3, -0.25) is 0 Å². The van der Waals surface area contributed by atoms with Crippen LogP contribution in [0.4, 0.5) is 0 Å². The first kappa shape index (κ1) is 17.3. The van der Waals surface area contributed by atoms with Gasteiger partial charge >= 0.3 is 0 Å². The van der Waals surface area contributed by atoms with E-state index in [2.05, 4.69) is 64.5 Å². The van der Waals surface area contributed by atoms with Crippen LogP contribution in [0.1, 0.15) is 16.0 Å². The summed E-state index contributed by atoms with van der Waals surface area (Å²) in [5.74, 6) is 0.343. The number of aromatic nitrogens is 1. The van der Waals surface area contributed by atoms with E-state index in [1.165, 1.54) is 11.1 Å². The molecular weight excluding hydrogens is 374 g/mol. The Kier molecular flexibility index (Phi) is 5.56. The molecule has 0 bridgehead atoms. The molecule has 3 heteroatoms. The van der Waals surface area contributed by atoms with E-state index in [-0.39, 0.29) is 0 Å². The summed E-state index contributed by atoms with van der Waals surface area (Å²) in [6.07, 6.45) is 1.93. The Morgan fingerprint density at radius 2 is 1.32 bits per heavy atom. The first-order valence-corrected chi connectivity index (χ1v) is 9.05. The van der Waals surface area contributed by atoms with Gasteiger partial charge in [-0.1, -0.05) is 88.7 Å². The summed E-state index contributed by atoms with van der Waals surface area (Å²) in [6, 6.07) is 28.3. The van der Waals surface area contributed by atoms with Gasteiger partial charge in [-0.15, -0.1) is 0 Å². The second-order valence-corrected chi connectivity index (χ2v) is 6.74. The lowest BCUT2D eigenvalue weighted by Crippen LogP contribution is -1.90. The van der Waals surface area contributed by atoms with Crippen LogP contribution < -0.4 is 0 Å². The highest BCUT2D eigenvalue weighted by atomic mass is 79.9. The summed E-state index contributed by atoms with van der Waals surface area (Å²) < 4.78 is 1.91. The normalized spacial score (nSPS) is 10.5. The van der Waals surface area contributed by atoms with Crippen molar-refractivity contribution in [2.24, 2.45) is 7.05 Å². The molecule has 0 aliphatic rings. The van der Waals surface area contributed by atoms with Crippen LogP contribution >= 0.6 is 15.9 Å². The third-order valence-electron chi connectivity index (χ3n) is 4.06. The molecule has 0 unspecified atom stereocenters. The highest BCUT2D eigenvalue weighted by Gasteiger charge is 2.07. The molecule has 1 aromatic heterocycles. The van der Waals surface area contributed by atoms with Gasteiger partial charge in [-0.25, -0.2) is 0 Å². The van der Waals surface area contributed by atoms with Crippen LogP contribution in [-0.4, -0.2) is 9.67 Å². The molecule has 0 spiro atoms. The van der Waals surface area contributed by atoms with Gasteiger partial charge in [-0.05, 0) is 23.3 Å². The molecule has 25 heavy (non-hydrogen) atoms. The molecule has 3 aromatic carbocycles. The molecule has 1 N–H and O–H groups in total. The molecule has 0 aliphatic heterocycles. The van der Waals surface area contributed by atoms with Gasteiger partial charge in [0.25, 0.3) is 0 Å². The maximum Gasteiger partial charge on any atom is 0.139 e. The van der Waals surface area contributed by atoms with E-state index in [9.17, 15) is 5.11 Å². The Balaban J connectivity index is 0.000000150. The van der Waals surface area contributed by atoms with Crippen LogP contribution in [0.5, 0.6) is 5.75 Å². The van der Waals surface area contributed by atoms with Crippen molar-refractivity contribution >= 4 is 26.8 Å². The van der Waals surface area contributed by atoms with Crippen LogP contribution in [0.25, 0.3) is 10.9 Å². The largest absolute Gasteiger partial charge is 0.506 e. The van der Waals surface area contributed by atoms with Crippen molar-refractivity contribution in [1.82, 2.24) is 4.57 Å². The van der Waals surface area contributed by atoms with Gasteiger partial charge in [0, 0.05) is 18.6 Å². The predicted octanol–water partition coefficient (Wildman–Crippen LogP) is 6.05. The van der Waals surface area contributed by atoms with Crippen molar-refractivity contribution in [3.8, 4) is 5.75 Å².